The van der Waals surface area contributed by atoms with Crippen LogP contribution in [0.2, 0.25) is 0 Å². The van der Waals surface area contributed by atoms with Crippen molar-refractivity contribution >= 4 is 7.60 Å². The Hall–Kier alpha value is -2.75. The van der Waals surface area contributed by atoms with Gasteiger partial charge in [-0.2, -0.15) is 0 Å². The maximum atomic E-state index is 13.6. The summed E-state index contributed by atoms with van der Waals surface area (Å²) in [5, 5.41) is 0. The van der Waals surface area contributed by atoms with Gasteiger partial charge in [0.15, 0.2) is 5.78 Å². The summed E-state index contributed by atoms with van der Waals surface area (Å²) in [5.74, 6) is 0.573. The minimum Gasteiger partial charge on any atom is -0.497 e. The van der Waals surface area contributed by atoms with E-state index in [2.05, 4.69) is 0 Å². The van der Waals surface area contributed by atoms with E-state index in [-0.39, 0.29) is 0 Å². The first kappa shape index (κ1) is 18.1. The molecule has 0 aliphatic rings. The molecular weight excluding hydrogens is 349 g/mol. The fourth-order valence-electron chi connectivity index (χ4n) is 2.37. The van der Waals surface area contributed by atoms with Gasteiger partial charge < -0.3 is 19.5 Å². The molecule has 2 N–H and O–H groups in total. The molecule has 1 atom stereocenters. The van der Waals surface area contributed by atoms with Crippen molar-refractivity contribution in [2.24, 2.45) is 5.73 Å². The van der Waals surface area contributed by atoms with Crippen molar-refractivity contribution in [3.8, 4) is 17.2 Å². The van der Waals surface area contributed by atoms with E-state index in [9.17, 15) is 4.57 Å². The smallest absolute Gasteiger partial charge is 0.451 e. The fourth-order valence-corrected chi connectivity index (χ4v) is 4.01. The van der Waals surface area contributed by atoms with Gasteiger partial charge >= 0.3 is 7.60 Å². The molecule has 3 rings (SSSR count). The summed E-state index contributed by atoms with van der Waals surface area (Å²) in [4.78, 5) is 0. The molecule has 0 amide bonds. The lowest BCUT2D eigenvalue weighted by Gasteiger charge is -2.25. The normalized spacial score (nSPS) is 12.2. The molecule has 0 spiro atoms. The van der Waals surface area contributed by atoms with Crippen molar-refractivity contribution in [2.75, 3.05) is 7.11 Å². The molecule has 6 heteroatoms. The van der Waals surface area contributed by atoms with Crippen LogP contribution in [0.15, 0.2) is 84.9 Å². The Morgan fingerprint density at radius 1 is 0.731 bits per heavy atom. The molecule has 5 nitrogen and oxygen atoms in total. The number of rotatable bonds is 7. The predicted molar refractivity (Wildman–Crippen MR) is 102 cm³/mol. The van der Waals surface area contributed by atoms with Gasteiger partial charge in [0.05, 0.1) is 7.11 Å². The third-order valence-electron chi connectivity index (χ3n) is 3.75. The number of hydrogen-bond acceptors (Lipinski definition) is 5. The maximum absolute atomic E-state index is 13.6. The lowest BCUT2D eigenvalue weighted by Crippen LogP contribution is -2.18. The largest absolute Gasteiger partial charge is 0.497 e. The molecule has 0 saturated carbocycles. The Labute approximate surface area is 152 Å². The molecule has 0 heterocycles. The zero-order chi connectivity index (χ0) is 18.4. The first-order chi connectivity index (χ1) is 12.6. The Kier molecular flexibility index (Phi) is 5.61. The number of methoxy groups -OCH3 is 1. The minimum absolute atomic E-state index is 0.427. The number of nitrogens with two attached hydrogens (primary N) is 1. The molecule has 26 heavy (non-hydrogen) atoms. The number of para-hydroxylation sites is 2. The third kappa shape index (κ3) is 4.26. The highest BCUT2D eigenvalue weighted by molar-refractivity contribution is 7.55. The average Bonchev–Trinajstić information content (AvgIpc) is 2.69. The van der Waals surface area contributed by atoms with E-state index >= 15 is 0 Å². The van der Waals surface area contributed by atoms with Gasteiger partial charge in [-0.1, -0.05) is 48.5 Å². The van der Waals surface area contributed by atoms with Gasteiger partial charge in [-0.25, -0.2) is 4.57 Å². The van der Waals surface area contributed by atoms with Gasteiger partial charge in [0.25, 0.3) is 0 Å². The molecule has 3 aromatic rings. The van der Waals surface area contributed by atoms with Crippen LogP contribution < -0.4 is 19.5 Å². The number of hydrogen-bond donors (Lipinski definition) is 1. The lowest BCUT2D eigenvalue weighted by molar-refractivity contribution is 0.373. The second-order valence-corrected chi connectivity index (χ2v) is 7.57. The van der Waals surface area contributed by atoms with Gasteiger partial charge in [0, 0.05) is 0 Å². The van der Waals surface area contributed by atoms with Crippen LogP contribution in [-0.4, -0.2) is 7.11 Å². The minimum atomic E-state index is -3.76. The van der Waals surface area contributed by atoms with E-state index in [1.54, 1.807) is 79.9 Å². The second kappa shape index (κ2) is 8.09. The third-order valence-corrected chi connectivity index (χ3v) is 5.66. The van der Waals surface area contributed by atoms with E-state index in [0.29, 0.717) is 22.8 Å². The van der Waals surface area contributed by atoms with Gasteiger partial charge in [0.1, 0.15) is 17.2 Å². The Morgan fingerprint density at radius 3 is 1.62 bits per heavy atom. The first-order valence-electron chi connectivity index (χ1n) is 8.09. The highest BCUT2D eigenvalue weighted by Crippen LogP contribution is 2.57. The maximum Gasteiger partial charge on any atom is 0.451 e. The molecular formula is C20H20NO4P. The quantitative estimate of drug-likeness (QED) is 0.593. The Morgan fingerprint density at radius 2 is 1.19 bits per heavy atom. The number of ether oxygens (including phenoxy) is 1. The topological polar surface area (TPSA) is 70.8 Å². The summed E-state index contributed by atoms with van der Waals surface area (Å²) in [5.41, 5.74) is 6.93. The fraction of sp³-hybridized carbons (Fsp3) is 0.100. The van der Waals surface area contributed by atoms with Crippen LogP contribution in [0.3, 0.4) is 0 Å². The van der Waals surface area contributed by atoms with Gasteiger partial charge in [-0.3, -0.25) is 0 Å². The van der Waals surface area contributed by atoms with E-state index < -0.39 is 13.4 Å². The Bertz CT molecular complexity index is 824. The van der Waals surface area contributed by atoms with Crippen LogP contribution >= 0.6 is 7.60 Å². The molecule has 0 aliphatic heterocycles. The molecule has 3 aromatic carbocycles. The summed E-state index contributed by atoms with van der Waals surface area (Å²) in [7, 11) is -2.18. The predicted octanol–water partition coefficient (Wildman–Crippen LogP) is 5.00. The monoisotopic (exact) mass is 369 g/mol. The highest BCUT2D eigenvalue weighted by atomic mass is 31.2. The van der Waals surface area contributed by atoms with Crippen molar-refractivity contribution in [1.29, 1.82) is 0 Å². The first-order valence-corrected chi connectivity index (χ1v) is 9.70. The Balaban J connectivity index is 1.94. The van der Waals surface area contributed by atoms with E-state index in [4.69, 9.17) is 19.5 Å². The molecule has 1 unspecified atom stereocenters. The van der Waals surface area contributed by atoms with Crippen molar-refractivity contribution in [1.82, 2.24) is 0 Å². The molecule has 134 valence electrons. The standard InChI is InChI=1S/C20H20NO4P/c1-23-17-14-12-16(13-15-17)20(21)26(22,24-18-8-4-2-5-9-18)25-19-10-6-3-7-11-19/h2-15,20H,21H2,1H3. The highest BCUT2D eigenvalue weighted by Gasteiger charge is 2.38. The van der Waals surface area contributed by atoms with Crippen molar-refractivity contribution in [3.05, 3.63) is 90.5 Å². The van der Waals surface area contributed by atoms with Crippen molar-refractivity contribution in [2.45, 2.75) is 5.78 Å². The average molecular weight is 369 g/mol. The van der Waals surface area contributed by atoms with E-state index in [1.807, 2.05) is 12.1 Å². The van der Waals surface area contributed by atoms with Crippen molar-refractivity contribution < 1.29 is 18.3 Å². The summed E-state index contributed by atoms with van der Waals surface area (Å²) in [6.07, 6.45) is 0. The van der Waals surface area contributed by atoms with Crippen LogP contribution in [0.4, 0.5) is 0 Å². The van der Waals surface area contributed by atoms with Crippen LogP contribution in [0, 0.1) is 0 Å². The van der Waals surface area contributed by atoms with E-state index in [1.165, 1.54) is 0 Å². The summed E-state index contributed by atoms with van der Waals surface area (Å²) in [6, 6.07) is 24.7. The van der Waals surface area contributed by atoms with Crippen LogP contribution in [-0.2, 0) is 4.57 Å². The molecule has 0 aliphatic carbocycles. The van der Waals surface area contributed by atoms with Crippen LogP contribution in [0.1, 0.15) is 11.3 Å². The SMILES string of the molecule is COc1ccc(C(N)P(=O)(Oc2ccccc2)Oc2ccccc2)cc1. The summed E-state index contributed by atoms with van der Waals surface area (Å²) < 4.78 is 30.3. The molecule has 0 radical (unpaired) electrons. The number of benzene rings is 3. The van der Waals surface area contributed by atoms with Gasteiger partial charge in [-0.05, 0) is 42.0 Å². The lowest BCUT2D eigenvalue weighted by atomic mass is 10.2. The molecule has 0 fully saturated rings. The zero-order valence-corrected chi connectivity index (χ0v) is 15.2. The molecule has 0 aromatic heterocycles. The van der Waals surface area contributed by atoms with Crippen molar-refractivity contribution in [3.63, 3.8) is 0 Å². The second-order valence-electron chi connectivity index (χ2n) is 5.57. The van der Waals surface area contributed by atoms with Crippen LogP contribution in [0.25, 0.3) is 0 Å². The van der Waals surface area contributed by atoms with E-state index in [0.717, 1.165) is 0 Å². The van der Waals surface area contributed by atoms with Gasteiger partial charge in [0.2, 0.25) is 0 Å². The summed E-state index contributed by atoms with van der Waals surface area (Å²) in [6.45, 7) is 0. The summed E-state index contributed by atoms with van der Waals surface area (Å²) >= 11 is 0. The van der Waals surface area contributed by atoms with Gasteiger partial charge in [-0.15, -0.1) is 0 Å². The molecule has 0 saturated heterocycles. The molecule has 0 bridgehead atoms. The van der Waals surface area contributed by atoms with Crippen LogP contribution in [0.5, 0.6) is 17.2 Å². The zero-order valence-electron chi connectivity index (χ0n) is 14.3.